The Hall–Kier alpha value is -2.30. The number of hydrogen-bond donors (Lipinski definition) is 2. The van der Waals surface area contributed by atoms with Crippen molar-refractivity contribution in [3.8, 4) is 5.75 Å². The maximum absolute atomic E-state index is 11.1. The third-order valence-corrected chi connectivity index (χ3v) is 2.28. The van der Waals surface area contributed by atoms with Crippen LogP contribution in [0.25, 0.3) is 10.9 Å². The number of aromatic amines is 1. The summed E-state index contributed by atoms with van der Waals surface area (Å²) in [6.45, 7) is 0.129. The molecule has 0 bridgehead atoms. The predicted octanol–water partition coefficient (Wildman–Crippen LogP) is 1.38. The van der Waals surface area contributed by atoms with E-state index < -0.39 is 5.97 Å². The Balaban J connectivity index is 2.17. The fourth-order valence-electron chi connectivity index (χ4n) is 1.48. The molecule has 2 N–H and O–H groups in total. The number of ether oxygens (including phenoxy) is 1. The zero-order chi connectivity index (χ0) is 12.3. The Kier molecular flexibility index (Phi) is 3.09. The van der Waals surface area contributed by atoms with E-state index in [-0.39, 0.29) is 18.6 Å². The van der Waals surface area contributed by atoms with Crippen molar-refractivity contribution in [2.45, 2.75) is 6.42 Å². The maximum Gasteiger partial charge on any atom is 0.306 e. The summed E-state index contributed by atoms with van der Waals surface area (Å²) < 4.78 is 5.28. The lowest BCUT2D eigenvalue weighted by Crippen LogP contribution is -2.05. The molecule has 0 fully saturated rings. The van der Waals surface area contributed by atoms with Gasteiger partial charge in [-0.25, -0.2) is 0 Å². The van der Waals surface area contributed by atoms with E-state index in [4.69, 9.17) is 9.84 Å². The summed E-state index contributed by atoms with van der Waals surface area (Å²) in [5.41, 5.74) is 0.570. The van der Waals surface area contributed by atoms with Gasteiger partial charge >= 0.3 is 5.97 Å². The first-order chi connectivity index (χ1) is 8.15. The highest BCUT2D eigenvalue weighted by atomic mass is 16.5. The largest absolute Gasteiger partial charge is 0.493 e. The zero-order valence-corrected chi connectivity index (χ0v) is 8.97. The van der Waals surface area contributed by atoms with Crippen LogP contribution < -0.4 is 10.3 Å². The molecule has 5 heteroatoms. The first kappa shape index (κ1) is 11.2. The van der Waals surface area contributed by atoms with Crippen LogP contribution in [0.4, 0.5) is 0 Å². The zero-order valence-electron chi connectivity index (χ0n) is 8.97. The second-order valence-electron chi connectivity index (χ2n) is 3.56. The molecule has 88 valence electrons. The maximum atomic E-state index is 11.1. The van der Waals surface area contributed by atoms with Crippen molar-refractivity contribution in [1.29, 1.82) is 0 Å². The van der Waals surface area contributed by atoms with Gasteiger partial charge in [-0.2, -0.15) is 0 Å². The normalized spacial score (nSPS) is 10.4. The summed E-state index contributed by atoms with van der Waals surface area (Å²) in [6.07, 6.45) is -0.0380. The molecule has 0 saturated carbocycles. The standard InChI is InChI=1S/C12H11NO4/c14-11-4-1-8-7-9(2-3-10(8)13-11)17-6-5-12(15)16/h1-4,7H,5-6H2,(H,13,14)(H,15,16). The minimum Gasteiger partial charge on any atom is -0.493 e. The van der Waals surface area contributed by atoms with E-state index in [0.717, 1.165) is 10.9 Å². The SMILES string of the molecule is O=C(O)CCOc1ccc2[nH]c(=O)ccc2c1. The van der Waals surface area contributed by atoms with Crippen molar-refractivity contribution in [2.24, 2.45) is 0 Å². The minimum absolute atomic E-state index is 0.0380. The summed E-state index contributed by atoms with van der Waals surface area (Å²) in [5.74, 6) is -0.305. The Labute approximate surface area is 96.7 Å². The van der Waals surface area contributed by atoms with E-state index in [1.54, 1.807) is 24.3 Å². The molecule has 0 amide bonds. The molecule has 2 aromatic rings. The van der Waals surface area contributed by atoms with Crippen molar-refractivity contribution >= 4 is 16.9 Å². The molecule has 0 saturated heterocycles. The van der Waals surface area contributed by atoms with E-state index in [0.29, 0.717) is 5.75 Å². The number of H-pyrrole nitrogens is 1. The Morgan fingerprint density at radius 2 is 2.12 bits per heavy atom. The molecule has 5 nitrogen and oxygen atoms in total. The summed E-state index contributed by atoms with van der Waals surface area (Å²) in [4.78, 5) is 24.1. The smallest absolute Gasteiger partial charge is 0.306 e. The van der Waals surface area contributed by atoms with Crippen LogP contribution in [0, 0.1) is 0 Å². The van der Waals surface area contributed by atoms with Crippen molar-refractivity contribution in [3.63, 3.8) is 0 Å². The molecule has 0 spiro atoms. The predicted molar refractivity (Wildman–Crippen MR) is 62.3 cm³/mol. The molecule has 2 rings (SSSR count). The number of benzene rings is 1. The van der Waals surface area contributed by atoms with Gasteiger partial charge in [-0.05, 0) is 24.3 Å². The van der Waals surface area contributed by atoms with Gasteiger partial charge in [-0.3, -0.25) is 9.59 Å². The van der Waals surface area contributed by atoms with Crippen LogP contribution in [0.3, 0.4) is 0 Å². The van der Waals surface area contributed by atoms with Gasteiger partial charge in [-0.15, -0.1) is 0 Å². The highest BCUT2D eigenvalue weighted by Gasteiger charge is 2.00. The van der Waals surface area contributed by atoms with E-state index in [9.17, 15) is 9.59 Å². The van der Waals surface area contributed by atoms with Gasteiger partial charge in [0.2, 0.25) is 5.56 Å². The molecule has 17 heavy (non-hydrogen) atoms. The molecule has 0 aliphatic heterocycles. The molecule has 0 radical (unpaired) electrons. The second kappa shape index (κ2) is 4.69. The number of aliphatic carboxylic acids is 1. The number of nitrogens with one attached hydrogen (secondary N) is 1. The van der Waals surface area contributed by atoms with Gasteiger partial charge in [0.05, 0.1) is 13.0 Å². The summed E-state index contributed by atoms with van der Waals surface area (Å²) in [7, 11) is 0. The first-order valence-corrected chi connectivity index (χ1v) is 5.13. The van der Waals surface area contributed by atoms with Crippen molar-refractivity contribution in [3.05, 3.63) is 40.7 Å². The number of hydrogen-bond acceptors (Lipinski definition) is 3. The number of fused-ring (bicyclic) bond motifs is 1. The molecule has 0 aliphatic rings. The molecule has 1 heterocycles. The number of carbonyl (C=O) groups is 1. The highest BCUT2D eigenvalue weighted by molar-refractivity contribution is 5.79. The summed E-state index contributed by atoms with van der Waals surface area (Å²) in [5, 5.41) is 9.32. The number of carboxylic acid groups (broad SMARTS) is 1. The molecule has 0 atom stereocenters. The Morgan fingerprint density at radius 3 is 2.88 bits per heavy atom. The topological polar surface area (TPSA) is 79.4 Å². The Bertz CT molecular complexity index is 603. The number of pyridine rings is 1. The number of carboxylic acids is 1. The van der Waals surface area contributed by atoms with Crippen LogP contribution in [0.15, 0.2) is 35.1 Å². The van der Waals surface area contributed by atoms with Gasteiger partial charge in [0.15, 0.2) is 0 Å². The Morgan fingerprint density at radius 1 is 1.29 bits per heavy atom. The summed E-state index contributed by atoms with van der Waals surface area (Å²) >= 11 is 0. The van der Waals surface area contributed by atoms with Crippen LogP contribution in [0.1, 0.15) is 6.42 Å². The van der Waals surface area contributed by atoms with Gasteiger partial charge in [0.1, 0.15) is 5.75 Å². The lowest BCUT2D eigenvalue weighted by atomic mass is 10.2. The highest BCUT2D eigenvalue weighted by Crippen LogP contribution is 2.18. The quantitative estimate of drug-likeness (QED) is 0.836. The van der Waals surface area contributed by atoms with Gasteiger partial charge in [0.25, 0.3) is 0 Å². The van der Waals surface area contributed by atoms with E-state index in [2.05, 4.69) is 4.98 Å². The van der Waals surface area contributed by atoms with Crippen molar-refractivity contribution < 1.29 is 14.6 Å². The molecule has 1 aromatic carbocycles. The average molecular weight is 233 g/mol. The van der Waals surface area contributed by atoms with Gasteiger partial charge < -0.3 is 14.8 Å². The number of rotatable bonds is 4. The van der Waals surface area contributed by atoms with E-state index in [1.165, 1.54) is 6.07 Å². The molecular formula is C12H11NO4. The van der Waals surface area contributed by atoms with Crippen LogP contribution in [0.5, 0.6) is 5.75 Å². The van der Waals surface area contributed by atoms with E-state index >= 15 is 0 Å². The van der Waals surface area contributed by atoms with Gasteiger partial charge in [0, 0.05) is 17.0 Å². The first-order valence-electron chi connectivity index (χ1n) is 5.13. The van der Waals surface area contributed by atoms with Crippen LogP contribution in [-0.4, -0.2) is 22.7 Å². The number of aromatic nitrogens is 1. The third kappa shape index (κ3) is 2.84. The lowest BCUT2D eigenvalue weighted by molar-refractivity contribution is -0.137. The third-order valence-electron chi connectivity index (χ3n) is 2.28. The van der Waals surface area contributed by atoms with Crippen LogP contribution >= 0.6 is 0 Å². The van der Waals surface area contributed by atoms with E-state index in [1.807, 2.05) is 0 Å². The fourth-order valence-corrected chi connectivity index (χ4v) is 1.48. The van der Waals surface area contributed by atoms with Crippen molar-refractivity contribution in [2.75, 3.05) is 6.61 Å². The van der Waals surface area contributed by atoms with Gasteiger partial charge in [-0.1, -0.05) is 0 Å². The monoisotopic (exact) mass is 233 g/mol. The van der Waals surface area contributed by atoms with Crippen molar-refractivity contribution in [1.82, 2.24) is 4.98 Å². The minimum atomic E-state index is -0.893. The van der Waals surface area contributed by atoms with Crippen LogP contribution in [-0.2, 0) is 4.79 Å². The second-order valence-corrected chi connectivity index (χ2v) is 3.56. The molecule has 1 aromatic heterocycles. The molecule has 0 unspecified atom stereocenters. The molecular weight excluding hydrogens is 222 g/mol. The van der Waals surface area contributed by atoms with Crippen LogP contribution in [0.2, 0.25) is 0 Å². The lowest BCUT2D eigenvalue weighted by Gasteiger charge is -2.05. The average Bonchev–Trinajstić information content (AvgIpc) is 2.29. The molecule has 0 aliphatic carbocycles. The summed E-state index contributed by atoms with van der Waals surface area (Å²) in [6, 6.07) is 8.31. The fraction of sp³-hybridized carbons (Fsp3) is 0.167.